The molecule has 0 aliphatic carbocycles. The minimum absolute atomic E-state index is 0.0649. The number of piperidine rings is 2. The summed E-state index contributed by atoms with van der Waals surface area (Å²) in [7, 11) is -6.75. The summed E-state index contributed by atoms with van der Waals surface area (Å²) in [6, 6.07) is 6.27. The molecule has 0 aromatic heterocycles. The molecule has 2 aliphatic heterocycles. The smallest absolute Gasteiger partial charge is 0.243 e. The molecule has 0 saturated carbocycles. The molecule has 1 atom stereocenters. The highest BCUT2D eigenvalue weighted by Gasteiger charge is 2.31. The summed E-state index contributed by atoms with van der Waals surface area (Å²) in [4.78, 5) is 12.8. The van der Waals surface area contributed by atoms with Crippen LogP contribution in [0.3, 0.4) is 0 Å². The van der Waals surface area contributed by atoms with E-state index in [-0.39, 0.29) is 22.5 Å². The van der Waals surface area contributed by atoms with Crippen LogP contribution in [0, 0.1) is 11.8 Å². The molecule has 3 rings (SSSR count). The first-order chi connectivity index (χ1) is 14.1. The third-order valence-electron chi connectivity index (χ3n) is 5.96. The molecule has 1 N–H and O–H groups in total. The Bertz CT molecular complexity index is 953. The number of hydrogen-bond acceptors (Lipinski definition) is 5. The first-order valence-corrected chi connectivity index (χ1v) is 13.6. The van der Waals surface area contributed by atoms with Gasteiger partial charge in [0.05, 0.1) is 10.6 Å². The molecule has 0 spiro atoms. The van der Waals surface area contributed by atoms with Gasteiger partial charge in [-0.1, -0.05) is 6.92 Å². The normalized spacial score (nSPS) is 22.7. The maximum Gasteiger partial charge on any atom is 0.243 e. The lowest BCUT2D eigenvalue weighted by atomic mass is 9.97. The van der Waals surface area contributed by atoms with Gasteiger partial charge in [0, 0.05) is 37.8 Å². The van der Waals surface area contributed by atoms with E-state index in [0.29, 0.717) is 50.6 Å². The SMILES string of the molecule is CCS(=O)(=O)N1CCC(C(=O)Nc2ccc(S(=O)(=O)N3CCCC(C)C3)cc2)CC1. The largest absolute Gasteiger partial charge is 0.326 e. The zero-order valence-corrected chi connectivity index (χ0v) is 19.2. The number of carbonyl (C=O) groups excluding carboxylic acids is 1. The maximum atomic E-state index is 12.8. The number of anilines is 1. The lowest BCUT2D eigenvalue weighted by Gasteiger charge is -2.30. The van der Waals surface area contributed by atoms with E-state index >= 15 is 0 Å². The van der Waals surface area contributed by atoms with Crippen molar-refractivity contribution < 1.29 is 21.6 Å². The van der Waals surface area contributed by atoms with Crippen LogP contribution in [0.1, 0.15) is 39.5 Å². The van der Waals surface area contributed by atoms with Gasteiger partial charge in [-0.2, -0.15) is 4.31 Å². The highest BCUT2D eigenvalue weighted by Crippen LogP contribution is 2.25. The Hall–Kier alpha value is -1.49. The van der Waals surface area contributed by atoms with E-state index in [0.717, 1.165) is 12.8 Å². The summed E-state index contributed by atoms with van der Waals surface area (Å²) < 4.78 is 52.5. The second-order valence-electron chi connectivity index (χ2n) is 8.20. The summed E-state index contributed by atoms with van der Waals surface area (Å²) in [5, 5.41) is 2.83. The van der Waals surface area contributed by atoms with Crippen LogP contribution in [0.5, 0.6) is 0 Å². The molecule has 1 aromatic rings. The van der Waals surface area contributed by atoms with E-state index in [4.69, 9.17) is 0 Å². The first-order valence-electron chi connectivity index (χ1n) is 10.5. The number of sulfonamides is 2. The van der Waals surface area contributed by atoms with Crippen molar-refractivity contribution in [3.05, 3.63) is 24.3 Å². The molecule has 168 valence electrons. The average molecular weight is 458 g/mol. The third-order valence-corrected chi connectivity index (χ3v) is 9.72. The van der Waals surface area contributed by atoms with Gasteiger partial charge in [-0.05, 0) is 62.8 Å². The minimum Gasteiger partial charge on any atom is -0.326 e. The highest BCUT2D eigenvalue weighted by molar-refractivity contribution is 7.89. The predicted molar refractivity (Wildman–Crippen MR) is 116 cm³/mol. The molecule has 0 bridgehead atoms. The zero-order chi connectivity index (χ0) is 21.9. The summed E-state index contributed by atoms with van der Waals surface area (Å²) in [5.41, 5.74) is 0.537. The summed E-state index contributed by atoms with van der Waals surface area (Å²) in [6.45, 7) is 5.44. The van der Waals surface area contributed by atoms with Crippen molar-refractivity contribution in [2.75, 3.05) is 37.2 Å². The topological polar surface area (TPSA) is 104 Å². The Kier molecular flexibility index (Phi) is 7.21. The van der Waals surface area contributed by atoms with Crippen LogP contribution >= 0.6 is 0 Å². The Balaban J connectivity index is 1.59. The van der Waals surface area contributed by atoms with Gasteiger partial charge < -0.3 is 5.32 Å². The maximum absolute atomic E-state index is 12.8. The van der Waals surface area contributed by atoms with Crippen molar-refractivity contribution in [3.8, 4) is 0 Å². The lowest BCUT2D eigenvalue weighted by Crippen LogP contribution is -2.42. The van der Waals surface area contributed by atoms with Crippen LogP contribution in [-0.4, -0.2) is 63.3 Å². The molecular formula is C20H31N3O5S2. The molecule has 2 saturated heterocycles. The van der Waals surface area contributed by atoms with Crippen LogP contribution in [-0.2, 0) is 24.8 Å². The Morgan fingerprint density at radius 1 is 1.00 bits per heavy atom. The first kappa shape index (κ1) is 23.2. The number of nitrogens with zero attached hydrogens (tertiary/aromatic N) is 2. The van der Waals surface area contributed by atoms with Crippen molar-refractivity contribution in [1.82, 2.24) is 8.61 Å². The van der Waals surface area contributed by atoms with E-state index in [1.54, 1.807) is 19.1 Å². The fourth-order valence-electron chi connectivity index (χ4n) is 4.05. The van der Waals surface area contributed by atoms with Crippen LogP contribution in [0.25, 0.3) is 0 Å². The number of nitrogens with one attached hydrogen (secondary N) is 1. The van der Waals surface area contributed by atoms with Crippen molar-refractivity contribution >= 4 is 31.6 Å². The second kappa shape index (κ2) is 9.33. The summed E-state index contributed by atoms with van der Waals surface area (Å²) in [6.07, 6.45) is 2.86. The Morgan fingerprint density at radius 3 is 2.20 bits per heavy atom. The molecular weight excluding hydrogens is 426 g/mol. The fraction of sp³-hybridized carbons (Fsp3) is 0.650. The number of carbonyl (C=O) groups is 1. The van der Waals surface area contributed by atoms with Gasteiger partial charge in [-0.3, -0.25) is 4.79 Å². The molecule has 2 fully saturated rings. The van der Waals surface area contributed by atoms with E-state index < -0.39 is 20.0 Å². The van der Waals surface area contributed by atoms with Crippen LogP contribution in [0.4, 0.5) is 5.69 Å². The number of rotatable bonds is 6. The summed E-state index contributed by atoms with van der Waals surface area (Å²) in [5.74, 6) is -0.00323. The van der Waals surface area contributed by atoms with Crippen molar-refractivity contribution in [2.45, 2.75) is 44.4 Å². The zero-order valence-electron chi connectivity index (χ0n) is 17.6. The van der Waals surface area contributed by atoms with Crippen molar-refractivity contribution in [1.29, 1.82) is 0 Å². The average Bonchev–Trinajstić information content (AvgIpc) is 2.74. The van der Waals surface area contributed by atoms with E-state index in [1.807, 2.05) is 0 Å². The van der Waals surface area contributed by atoms with Gasteiger partial charge in [0.25, 0.3) is 0 Å². The predicted octanol–water partition coefficient (Wildman–Crippen LogP) is 2.11. The van der Waals surface area contributed by atoms with Gasteiger partial charge in [-0.25, -0.2) is 21.1 Å². The van der Waals surface area contributed by atoms with Gasteiger partial charge >= 0.3 is 0 Å². The second-order valence-corrected chi connectivity index (χ2v) is 12.4. The summed E-state index contributed by atoms with van der Waals surface area (Å²) >= 11 is 0. The Labute approximate surface area is 179 Å². The molecule has 2 aliphatic rings. The van der Waals surface area contributed by atoms with Crippen LogP contribution in [0.15, 0.2) is 29.2 Å². The number of amides is 1. The molecule has 1 unspecified atom stereocenters. The number of hydrogen-bond donors (Lipinski definition) is 1. The van der Waals surface area contributed by atoms with Crippen LogP contribution < -0.4 is 5.32 Å². The lowest BCUT2D eigenvalue weighted by molar-refractivity contribution is -0.120. The van der Waals surface area contributed by atoms with Crippen molar-refractivity contribution in [2.24, 2.45) is 11.8 Å². The highest BCUT2D eigenvalue weighted by atomic mass is 32.2. The quantitative estimate of drug-likeness (QED) is 0.705. The van der Waals surface area contributed by atoms with Gasteiger partial charge in [-0.15, -0.1) is 0 Å². The molecule has 8 nitrogen and oxygen atoms in total. The molecule has 30 heavy (non-hydrogen) atoms. The molecule has 2 heterocycles. The molecule has 1 aromatic carbocycles. The monoisotopic (exact) mass is 457 g/mol. The van der Waals surface area contributed by atoms with Crippen molar-refractivity contribution in [3.63, 3.8) is 0 Å². The van der Waals surface area contributed by atoms with E-state index in [1.165, 1.54) is 20.7 Å². The van der Waals surface area contributed by atoms with Gasteiger partial charge in [0.2, 0.25) is 26.0 Å². The number of benzene rings is 1. The van der Waals surface area contributed by atoms with Crippen LogP contribution in [0.2, 0.25) is 0 Å². The molecule has 0 radical (unpaired) electrons. The Morgan fingerprint density at radius 2 is 1.63 bits per heavy atom. The fourth-order valence-corrected chi connectivity index (χ4v) is 6.78. The van der Waals surface area contributed by atoms with Gasteiger partial charge in [0.1, 0.15) is 0 Å². The molecule has 10 heteroatoms. The standard InChI is InChI=1S/C20H31N3O5S2/c1-3-29(25,26)22-13-10-17(11-14-22)20(24)21-18-6-8-19(9-7-18)30(27,28)23-12-4-5-16(2)15-23/h6-9,16-17H,3-5,10-15H2,1-2H3,(H,21,24). The van der Waals surface area contributed by atoms with Gasteiger partial charge in [0.15, 0.2) is 0 Å². The van der Waals surface area contributed by atoms with E-state index in [2.05, 4.69) is 12.2 Å². The molecule has 1 amide bonds. The third kappa shape index (κ3) is 5.22. The minimum atomic E-state index is -3.53. The van der Waals surface area contributed by atoms with E-state index in [9.17, 15) is 21.6 Å².